The maximum absolute atomic E-state index is 12.2. The lowest BCUT2D eigenvalue weighted by molar-refractivity contribution is -0.124. The highest BCUT2D eigenvalue weighted by molar-refractivity contribution is 5.89. The third kappa shape index (κ3) is 18.4. The summed E-state index contributed by atoms with van der Waals surface area (Å²) in [5.74, 6) is -0.0476. The zero-order valence-electron chi connectivity index (χ0n) is 25.4. The van der Waals surface area contributed by atoms with Gasteiger partial charge in [0.1, 0.15) is 36.8 Å². The molecule has 0 aliphatic heterocycles. The number of rotatable bonds is 27. The smallest absolute Gasteiger partial charge is 0.338 e. The fourth-order valence-electron chi connectivity index (χ4n) is 4.79. The van der Waals surface area contributed by atoms with E-state index < -0.39 is 43.6 Å². The zero-order chi connectivity index (χ0) is 30.1. The van der Waals surface area contributed by atoms with Crippen LogP contribution in [0.4, 0.5) is 0 Å². The maximum atomic E-state index is 12.2. The second kappa shape index (κ2) is 24.8. The Bertz CT molecular complexity index is 741. The van der Waals surface area contributed by atoms with E-state index in [9.17, 15) is 25.2 Å². The van der Waals surface area contributed by atoms with Crippen molar-refractivity contribution >= 4 is 5.97 Å². The average molecular weight is 583 g/mol. The Balaban J connectivity index is 1.99. The predicted octanol–water partition coefficient (Wildman–Crippen LogP) is 5.70. The fourth-order valence-corrected chi connectivity index (χ4v) is 4.79. The van der Waals surface area contributed by atoms with E-state index in [1.54, 1.807) is 24.3 Å². The van der Waals surface area contributed by atoms with E-state index in [-0.39, 0.29) is 5.56 Å². The van der Waals surface area contributed by atoms with Crippen molar-refractivity contribution in [1.82, 2.24) is 0 Å². The van der Waals surface area contributed by atoms with E-state index in [4.69, 9.17) is 14.6 Å². The summed E-state index contributed by atoms with van der Waals surface area (Å²) in [7, 11) is 0. The van der Waals surface area contributed by atoms with Crippen LogP contribution in [-0.2, 0) is 4.74 Å². The van der Waals surface area contributed by atoms with Gasteiger partial charge in [0.25, 0.3) is 0 Å². The Morgan fingerprint density at radius 3 is 1.49 bits per heavy atom. The molecule has 0 unspecified atom stereocenters. The number of hydrogen-bond donors (Lipinski definition) is 5. The summed E-state index contributed by atoms with van der Waals surface area (Å²) in [5.41, 5.74) is 0.253. The first kappa shape index (κ1) is 37.3. The van der Waals surface area contributed by atoms with Crippen LogP contribution in [0.3, 0.4) is 0 Å². The van der Waals surface area contributed by atoms with Gasteiger partial charge in [0.2, 0.25) is 0 Å². The molecule has 0 aliphatic rings. The van der Waals surface area contributed by atoms with Gasteiger partial charge < -0.3 is 35.0 Å². The minimum atomic E-state index is -1.78. The molecule has 41 heavy (non-hydrogen) atoms. The maximum Gasteiger partial charge on any atom is 0.338 e. The highest BCUT2D eigenvalue weighted by Gasteiger charge is 2.30. The van der Waals surface area contributed by atoms with E-state index in [2.05, 4.69) is 6.92 Å². The number of unbranched alkanes of at least 4 members (excludes halogenated alkanes) is 17. The fraction of sp³-hybridized carbons (Fsp3) is 0.788. The standard InChI is InChI=1S/C33H58O8/c1-2-3-4-5-6-7-8-9-10-11-12-13-14-15-16-17-18-19-24-40-28-22-20-27(21-23-28)33(39)41-26-30(36)32(38)31(37)29(35)25-34/h20-23,29-32,34-38H,2-19,24-26H2,1H3/t29-,30+,31+,32+/m0/s1. The first-order valence-electron chi connectivity index (χ1n) is 16.1. The molecule has 0 aromatic heterocycles. The lowest BCUT2D eigenvalue weighted by Crippen LogP contribution is -2.47. The van der Waals surface area contributed by atoms with Gasteiger partial charge in [0.15, 0.2) is 0 Å². The summed E-state index contributed by atoms with van der Waals surface area (Å²) >= 11 is 0. The Morgan fingerprint density at radius 1 is 0.634 bits per heavy atom. The molecular weight excluding hydrogens is 524 g/mol. The number of aliphatic hydroxyl groups excluding tert-OH is 5. The molecular formula is C33H58O8. The number of carbonyl (C=O) groups is 1. The van der Waals surface area contributed by atoms with Crippen LogP contribution in [-0.4, -0.2) is 75.7 Å². The number of ether oxygens (including phenoxy) is 2. The van der Waals surface area contributed by atoms with Crippen molar-refractivity contribution in [3.05, 3.63) is 29.8 Å². The molecule has 8 heteroatoms. The first-order chi connectivity index (χ1) is 19.9. The summed E-state index contributed by atoms with van der Waals surface area (Å²) in [5, 5.41) is 47.4. The molecule has 0 bridgehead atoms. The minimum Gasteiger partial charge on any atom is -0.494 e. The van der Waals surface area contributed by atoms with Gasteiger partial charge in [-0.3, -0.25) is 0 Å². The summed E-state index contributed by atoms with van der Waals surface area (Å²) in [4.78, 5) is 12.2. The van der Waals surface area contributed by atoms with Crippen molar-refractivity contribution in [1.29, 1.82) is 0 Å². The van der Waals surface area contributed by atoms with Gasteiger partial charge in [-0.15, -0.1) is 0 Å². The van der Waals surface area contributed by atoms with Crippen molar-refractivity contribution in [2.45, 2.75) is 147 Å². The molecule has 8 nitrogen and oxygen atoms in total. The molecule has 0 heterocycles. The van der Waals surface area contributed by atoms with Crippen molar-refractivity contribution < 1.29 is 39.8 Å². The monoisotopic (exact) mass is 582 g/mol. The van der Waals surface area contributed by atoms with Crippen LogP contribution >= 0.6 is 0 Å². The van der Waals surface area contributed by atoms with Crippen LogP contribution in [0.15, 0.2) is 24.3 Å². The predicted molar refractivity (Wildman–Crippen MR) is 162 cm³/mol. The van der Waals surface area contributed by atoms with E-state index >= 15 is 0 Å². The quantitative estimate of drug-likeness (QED) is 0.0658. The molecule has 1 rings (SSSR count). The molecule has 0 fully saturated rings. The number of carbonyl (C=O) groups excluding carboxylic acids is 1. The second-order valence-electron chi connectivity index (χ2n) is 11.3. The van der Waals surface area contributed by atoms with Crippen molar-refractivity contribution in [2.24, 2.45) is 0 Å². The number of benzene rings is 1. The molecule has 4 atom stereocenters. The summed E-state index contributed by atoms with van der Waals surface area (Å²) in [6.45, 7) is 1.54. The average Bonchev–Trinajstić information content (AvgIpc) is 2.99. The van der Waals surface area contributed by atoms with Crippen molar-refractivity contribution in [2.75, 3.05) is 19.8 Å². The molecule has 0 spiro atoms. The van der Waals surface area contributed by atoms with Gasteiger partial charge >= 0.3 is 5.97 Å². The van der Waals surface area contributed by atoms with Gasteiger partial charge in [-0.1, -0.05) is 116 Å². The molecule has 0 saturated heterocycles. The Morgan fingerprint density at radius 2 is 1.05 bits per heavy atom. The Kier molecular flexibility index (Phi) is 22.6. The van der Waals surface area contributed by atoms with E-state index in [0.717, 1.165) is 12.8 Å². The van der Waals surface area contributed by atoms with Gasteiger partial charge in [-0.2, -0.15) is 0 Å². The number of esters is 1. The van der Waals surface area contributed by atoms with Gasteiger partial charge in [0, 0.05) is 0 Å². The van der Waals surface area contributed by atoms with Crippen molar-refractivity contribution in [3.8, 4) is 5.75 Å². The third-order valence-electron chi connectivity index (χ3n) is 7.57. The lowest BCUT2D eigenvalue weighted by atomic mass is 10.0. The van der Waals surface area contributed by atoms with E-state index in [1.807, 2.05) is 0 Å². The van der Waals surface area contributed by atoms with Crippen LogP contribution in [0.5, 0.6) is 5.75 Å². The summed E-state index contributed by atoms with van der Waals surface area (Å²) < 4.78 is 10.7. The van der Waals surface area contributed by atoms with Crippen LogP contribution < -0.4 is 4.74 Å². The molecule has 5 N–H and O–H groups in total. The Labute approximate surface area is 248 Å². The van der Waals surface area contributed by atoms with Gasteiger partial charge in [-0.05, 0) is 30.7 Å². The summed E-state index contributed by atoms with van der Waals surface area (Å²) in [6, 6.07) is 6.47. The highest BCUT2D eigenvalue weighted by Crippen LogP contribution is 2.16. The SMILES string of the molecule is CCCCCCCCCCCCCCCCCCCCOc1ccc(C(=O)OC[C@@H](O)[C@@H](O)[C@H](O)[C@@H](O)CO)cc1. The number of aliphatic hydroxyl groups is 5. The van der Waals surface area contributed by atoms with Crippen LogP contribution in [0, 0.1) is 0 Å². The molecule has 0 radical (unpaired) electrons. The van der Waals surface area contributed by atoms with Crippen LogP contribution in [0.2, 0.25) is 0 Å². The Hall–Kier alpha value is -1.71. The lowest BCUT2D eigenvalue weighted by Gasteiger charge is -2.25. The van der Waals surface area contributed by atoms with Gasteiger partial charge in [0.05, 0.1) is 18.8 Å². The third-order valence-corrected chi connectivity index (χ3v) is 7.57. The zero-order valence-corrected chi connectivity index (χ0v) is 25.4. The van der Waals surface area contributed by atoms with E-state index in [0.29, 0.717) is 12.4 Å². The second-order valence-corrected chi connectivity index (χ2v) is 11.3. The topological polar surface area (TPSA) is 137 Å². The van der Waals surface area contributed by atoms with Gasteiger partial charge in [-0.25, -0.2) is 4.79 Å². The van der Waals surface area contributed by atoms with Crippen LogP contribution in [0.25, 0.3) is 0 Å². The largest absolute Gasteiger partial charge is 0.494 e. The molecule has 0 amide bonds. The number of hydrogen-bond acceptors (Lipinski definition) is 8. The van der Waals surface area contributed by atoms with Crippen molar-refractivity contribution in [3.63, 3.8) is 0 Å². The first-order valence-corrected chi connectivity index (χ1v) is 16.1. The molecule has 0 aliphatic carbocycles. The molecule has 238 valence electrons. The summed E-state index contributed by atoms with van der Waals surface area (Å²) in [6.07, 6.45) is 17.3. The van der Waals surface area contributed by atoms with E-state index in [1.165, 1.54) is 103 Å². The normalized spacial score (nSPS) is 14.4. The molecule has 0 saturated carbocycles. The molecule has 1 aromatic rings. The minimum absolute atomic E-state index is 0.253. The highest BCUT2D eigenvalue weighted by atomic mass is 16.5. The molecule has 1 aromatic carbocycles. The van der Waals surface area contributed by atoms with Crippen LogP contribution in [0.1, 0.15) is 133 Å².